The molecule has 0 fully saturated rings. The number of thiophene rings is 1. The van der Waals surface area contributed by atoms with Gasteiger partial charge in [-0.2, -0.15) is 4.37 Å². The molecule has 0 amide bonds. The molecule has 0 aromatic carbocycles. The quantitative estimate of drug-likeness (QED) is 0.911. The summed E-state index contributed by atoms with van der Waals surface area (Å²) in [4.78, 5) is 5.85. The van der Waals surface area contributed by atoms with Crippen LogP contribution in [0.15, 0.2) is 17.5 Å². The number of rotatable bonds is 3. The summed E-state index contributed by atoms with van der Waals surface area (Å²) in [6.45, 7) is 8.52. The minimum atomic E-state index is 0.0165. The van der Waals surface area contributed by atoms with Gasteiger partial charge in [-0.3, -0.25) is 0 Å². The zero-order chi connectivity index (χ0) is 12.5. The molecule has 0 aliphatic heterocycles. The van der Waals surface area contributed by atoms with Gasteiger partial charge in [-0.1, -0.05) is 26.8 Å². The van der Waals surface area contributed by atoms with Crippen molar-refractivity contribution in [2.45, 2.75) is 39.2 Å². The van der Waals surface area contributed by atoms with Crippen LogP contribution in [0.25, 0.3) is 0 Å². The number of hydrogen-bond donors (Lipinski definition) is 1. The summed E-state index contributed by atoms with van der Waals surface area (Å²) < 4.78 is 4.39. The topological polar surface area (TPSA) is 37.8 Å². The Hall–Kier alpha value is -0.940. The van der Waals surface area contributed by atoms with E-state index in [0.29, 0.717) is 0 Å². The standard InChI is InChI=1S/C12H17N3S2/c1-8(9-6-5-7-16-9)13-11-14-10(15-17-11)12(2,3)4/h5-8H,1-4H3,(H,13,14,15). The lowest BCUT2D eigenvalue weighted by Crippen LogP contribution is -2.13. The third-order valence-electron chi connectivity index (χ3n) is 2.41. The maximum atomic E-state index is 4.53. The Morgan fingerprint density at radius 1 is 1.35 bits per heavy atom. The molecule has 0 saturated carbocycles. The van der Waals surface area contributed by atoms with Crippen LogP contribution in [0, 0.1) is 0 Å². The van der Waals surface area contributed by atoms with E-state index >= 15 is 0 Å². The van der Waals surface area contributed by atoms with Gasteiger partial charge in [-0.15, -0.1) is 11.3 Å². The van der Waals surface area contributed by atoms with Crippen LogP contribution in [0.1, 0.15) is 44.4 Å². The van der Waals surface area contributed by atoms with E-state index in [2.05, 4.69) is 59.9 Å². The molecule has 1 atom stereocenters. The summed E-state index contributed by atoms with van der Waals surface area (Å²) in [5, 5.41) is 6.38. The molecule has 0 spiro atoms. The summed E-state index contributed by atoms with van der Waals surface area (Å²) >= 11 is 3.19. The molecule has 2 rings (SSSR count). The zero-order valence-electron chi connectivity index (χ0n) is 10.5. The van der Waals surface area contributed by atoms with Gasteiger partial charge in [-0.25, -0.2) is 4.98 Å². The summed E-state index contributed by atoms with van der Waals surface area (Å²) in [5.74, 6) is 0.906. The van der Waals surface area contributed by atoms with Gasteiger partial charge in [0.25, 0.3) is 0 Å². The number of nitrogens with zero attached hydrogens (tertiary/aromatic N) is 2. The molecule has 2 aromatic heterocycles. The van der Waals surface area contributed by atoms with Crippen LogP contribution in [0.3, 0.4) is 0 Å². The average Bonchev–Trinajstić information content (AvgIpc) is 2.85. The van der Waals surface area contributed by atoms with E-state index in [9.17, 15) is 0 Å². The average molecular weight is 267 g/mol. The molecule has 5 heteroatoms. The highest BCUT2D eigenvalue weighted by molar-refractivity contribution is 7.10. The Labute approximate surface area is 110 Å². The maximum absolute atomic E-state index is 4.53. The number of aromatic nitrogens is 2. The predicted octanol–water partition coefficient (Wildman–Crippen LogP) is 4.07. The van der Waals surface area contributed by atoms with Crippen molar-refractivity contribution in [1.29, 1.82) is 0 Å². The maximum Gasteiger partial charge on any atom is 0.203 e. The van der Waals surface area contributed by atoms with Gasteiger partial charge >= 0.3 is 0 Å². The minimum Gasteiger partial charge on any atom is -0.353 e. The van der Waals surface area contributed by atoms with Gasteiger partial charge in [0.05, 0.1) is 6.04 Å². The highest BCUT2D eigenvalue weighted by Crippen LogP contribution is 2.27. The molecule has 1 unspecified atom stereocenters. The summed E-state index contributed by atoms with van der Waals surface area (Å²) in [6.07, 6.45) is 0. The predicted molar refractivity (Wildman–Crippen MR) is 75.0 cm³/mol. The van der Waals surface area contributed by atoms with Gasteiger partial charge in [0, 0.05) is 21.8 Å². The van der Waals surface area contributed by atoms with Gasteiger partial charge in [0.15, 0.2) is 0 Å². The van der Waals surface area contributed by atoms with Crippen molar-refractivity contribution in [1.82, 2.24) is 9.36 Å². The Balaban J connectivity index is 2.07. The van der Waals surface area contributed by atoms with Crippen LogP contribution >= 0.6 is 22.9 Å². The molecule has 2 heterocycles. The minimum absolute atomic E-state index is 0.0165. The molecule has 0 radical (unpaired) electrons. The van der Waals surface area contributed by atoms with Crippen molar-refractivity contribution >= 4 is 28.0 Å². The fourth-order valence-corrected chi connectivity index (χ4v) is 2.96. The van der Waals surface area contributed by atoms with Crippen LogP contribution in [0.5, 0.6) is 0 Å². The van der Waals surface area contributed by atoms with Crippen LogP contribution in [-0.2, 0) is 5.41 Å². The first-order chi connectivity index (χ1) is 7.97. The first-order valence-corrected chi connectivity index (χ1v) is 7.26. The Morgan fingerprint density at radius 3 is 2.65 bits per heavy atom. The molecular weight excluding hydrogens is 250 g/mol. The SMILES string of the molecule is CC(Nc1nc(C(C)(C)C)ns1)c1cccs1. The largest absolute Gasteiger partial charge is 0.353 e. The highest BCUT2D eigenvalue weighted by Gasteiger charge is 2.20. The molecule has 1 N–H and O–H groups in total. The number of hydrogen-bond acceptors (Lipinski definition) is 5. The molecule has 0 aliphatic rings. The third kappa shape index (κ3) is 3.04. The van der Waals surface area contributed by atoms with E-state index < -0.39 is 0 Å². The van der Waals surface area contributed by atoms with Crippen molar-refractivity contribution in [3.63, 3.8) is 0 Å². The second kappa shape index (κ2) is 4.74. The zero-order valence-corrected chi connectivity index (χ0v) is 12.2. The van der Waals surface area contributed by atoms with E-state index in [1.54, 1.807) is 11.3 Å². The second-order valence-corrected chi connectivity index (χ2v) is 6.79. The van der Waals surface area contributed by atoms with Crippen LogP contribution in [-0.4, -0.2) is 9.36 Å². The molecule has 0 aliphatic carbocycles. The first kappa shape index (κ1) is 12.5. The molecule has 0 saturated heterocycles. The fourth-order valence-electron chi connectivity index (χ4n) is 1.38. The normalized spacial score (nSPS) is 13.6. The molecule has 17 heavy (non-hydrogen) atoms. The highest BCUT2D eigenvalue weighted by atomic mass is 32.1. The lowest BCUT2D eigenvalue weighted by atomic mass is 9.96. The van der Waals surface area contributed by atoms with Crippen molar-refractivity contribution < 1.29 is 0 Å². The Morgan fingerprint density at radius 2 is 2.12 bits per heavy atom. The van der Waals surface area contributed by atoms with Crippen molar-refractivity contribution in [3.05, 3.63) is 28.2 Å². The monoisotopic (exact) mass is 267 g/mol. The van der Waals surface area contributed by atoms with Crippen molar-refractivity contribution in [3.8, 4) is 0 Å². The second-order valence-electron chi connectivity index (χ2n) is 5.05. The van der Waals surface area contributed by atoms with Gasteiger partial charge in [-0.05, 0) is 18.4 Å². The van der Waals surface area contributed by atoms with E-state index in [1.165, 1.54) is 16.4 Å². The van der Waals surface area contributed by atoms with E-state index in [-0.39, 0.29) is 11.5 Å². The van der Waals surface area contributed by atoms with Crippen molar-refractivity contribution in [2.75, 3.05) is 5.32 Å². The van der Waals surface area contributed by atoms with Gasteiger partial charge in [0.2, 0.25) is 5.13 Å². The lowest BCUT2D eigenvalue weighted by molar-refractivity contribution is 0.555. The first-order valence-electron chi connectivity index (χ1n) is 5.61. The smallest absolute Gasteiger partial charge is 0.203 e. The van der Waals surface area contributed by atoms with Crippen LogP contribution < -0.4 is 5.32 Å². The van der Waals surface area contributed by atoms with E-state index in [1.807, 2.05) is 0 Å². The third-order valence-corrected chi connectivity index (χ3v) is 4.11. The molecule has 92 valence electrons. The molecule has 3 nitrogen and oxygen atoms in total. The van der Waals surface area contributed by atoms with Crippen molar-refractivity contribution in [2.24, 2.45) is 0 Å². The molecule has 2 aromatic rings. The van der Waals surface area contributed by atoms with Crippen LogP contribution in [0.4, 0.5) is 5.13 Å². The Kier molecular flexibility index (Phi) is 3.49. The molecule has 0 bridgehead atoms. The molecular formula is C12H17N3S2. The Bertz CT molecular complexity index is 468. The summed E-state index contributed by atoms with van der Waals surface area (Å²) in [5.41, 5.74) is 0.0165. The number of nitrogens with one attached hydrogen (secondary N) is 1. The summed E-state index contributed by atoms with van der Waals surface area (Å²) in [7, 11) is 0. The van der Waals surface area contributed by atoms with Gasteiger partial charge < -0.3 is 5.32 Å². The van der Waals surface area contributed by atoms with E-state index in [0.717, 1.165) is 11.0 Å². The fraction of sp³-hybridized carbons (Fsp3) is 0.500. The lowest BCUT2D eigenvalue weighted by Gasteiger charge is -2.13. The van der Waals surface area contributed by atoms with Gasteiger partial charge in [0.1, 0.15) is 5.82 Å². The van der Waals surface area contributed by atoms with Crippen LogP contribution in [0.2, 0.25) is 0 Å². The number of anilines is 1. The van der Waals surface area contributed by atoms with E-state index in [4.69, 9.17) is 0 Å². The summed E-state index contributed by atoms with van der Waals surface area (Å²) in [6, 6.07) is 4.49.